The predicted octanol–water partition coefficient (Wildman–Crippen LogP) is 3.54. The van der Waals surface area contributed by atoms with Crippen LogP contribution in [-0.4, -0.2) is 36.7 Å². The van der Waals surface area contributed by atoms with Crippen LogP contribution in [0.1, 0.15) is 23.5 Å². The van der Waals surface area contributed by atoms with Crippen molar-refractivity contribution in [1.82, 2.24) is 9.29 Å². The van der Waals surface area contributed by atoms with Gasteiger partial charge >= 0.3 is 0 Å². The van der Waals surface area contributed by atoms with Crippen molar-refractivity contribution in [2.75, 3.05) is 18.4 Å². The molecular formula is C17H18ClN3O3S2. The zero-order valence-electron chi connectivity index (χ0n) is 14.1. The van der Waals surface area contributed by atoms with E-state index in [4.69, 9.17) is 11.6 Å². The van der Waals surface area contributed by atoms with Gasteiger partial charge in [0.1, 0.15) is 4.90 Å². The van der Waals surface area contributed by atoms with Crippen molar-refractivity contribution >= 4 is 50.6 Å². The summed E-state index contributed by atoms with van der Waals surface area (Å²) in [6.45, 7) is 2.87. The van der Waals surface area contributed by atoms with E-state index in [-0.39, 0.29) is 15.8 Å². The van der Waals surface area contributed by atoms with E-state index in [1.54, 1.807) is 12.1 Å². The van der Waals surface area contributed by atoms with Crippen LogP contribution >= 0.6 is 22.9 Å². The number of halogens is 1. The molecule has 0 saturated carbocycles. The lowest BCUT2D eigenvalue weighted by molar-refractivity contribution is -0.111. The molecule has 1 aliphatic rings. The molecule has 9 heteroatoms. The van der Waals surface area contributed by atoms with Gasteiger partial charge in [-0.05, 0) is 44.0 Å². The third-order valence-electron chi connectivity index (χ3n) is 3.92. The number of nitrogens with zero attached hydrogens (tertiary/aromatic N) is 2. The number of aryl methyl sites for hydroxylation is 1. The molecule has 0 bridgehead atoms. The number of carbonyl (C=O) groups is 1. The van der Waals surface area contributed by atoms with Gasteiger partial charge in [-0.3, -0.25) is 4.79 Å². The van der Waals surface area contributed by atoms with Gasteiger partial charge in [-0.15, -0.1) is 11.3 Å². The van der Waals surface area contributed by atoms with Crippen molar-refractivity contribution in [3.8, 4) is 0 Å². The third kappa shape index (κ3) is 4.32. The van der Waals surface area contributed by atoms with Crippen LogP contribution < -0.4 is 5.32 Å². The Morgan fingerprint density at radius 1 is 1.35 bits per heavy atom. The van der Waals surface area contributed by atoms with Gasteiger partial charge < -0.3 is 5.32 Å². The highest BCUT2D eigenvalue weighted by atomic mass is 35.5. The number of hydrogen-bond acceptors (Lipinski definition) is 5. The summed E-state index contributed by atoms with van der Waals surface area (Å²) in [5.41, 5.74) is 1.08. The van der Waals surface area contributed by atoms with E-state index in [0.29, 0.717) is 24.5 Å². The van der Waals surface area contributed by atoms with Gasteiger partial charge in [0.25, 0.3) is 0 Å². The molecule has 1 aliphatic heterocycles. The smallest absolute Gasteiger partial charge is 0.248 e. The molecule has 1 fully saturated rings. The maximum atomic E-state index is 12.7. The van der Waals surface area contributed by atoms with Gasteiger partial charge in [-0.25, -0.2) is 13.4 Å². The number of rotatable bonds is 5. The first-order valence-corrected chi connectivity index (χ1v) is 10.8. The van der Waals surface area contributed by atoms with Crippen LogP contribution in [0.2, 0.25) is 5.02 Å². The van der Waals surface area contributed by atoms with Gasteiger partial charge in [0.05, 0.1) is 15.7 Å². The lowest BCUT2D eigenvalue weighted by atomic mass is 10.3. The molecule has 0 aliphatic carbocycles. The molecule has 3 rings (SSSR count). The first-order valence-electron chi connectivity index (χ1n) is 8.07. The fraction of sp³-hybridized carbons (Fsp3) is 0.294. The summed E-state index contributed by atoms with van der Waals surface area (Å²) >= 11 is 7.60. The zero-order valence-corrected chi connectivity index (χ0v) is 16.5. The van der Waals surface area contributed by atoms with Crippen LogP contribution in [-0.2, 0) is 14.8 Å². The minimum atomic E-state index is -3.66. The molecule has 2 aromatic rings. The fourth-order valence-corrected chi connectivity index (χ4v) is 5.25. The van der Waals surface area contributed by atoms with Crippen molar-refractivity contribution in [2.45, 2.75) is 24.7 Å². The topological polar surface area (TPSA) is 79.4 Å². The Labute approximate surface area is 161 Å². The Morgan fingerprint density at radius 2 is 2.08 bits per heavy atom. The summed E-state index contributed by atoms with van der Waals surface area (Å²) in [5, 5.41) is 5.57. The molecule has 1 saturated heterocycles. The van der Waals surface area contributed by atoms with E-state index in [2.05, 4.69) is 10.3 Å². The third-order valence-corrected chi connectivity index (χ3v) is 7.10. The maximum absolute atomic E-state index is 12.7. The summed E-state index contributed by atoms with van der Waals surface area (Å²) in [6.07, 6.45) is 4.65. The molecule has 26 heavy (non-hydrogen) atoms. The second-order valence-corrected chi connectivity index (χ2v) is 9.25. The Balaban J connectivity index is 1.77. The van der Waals surface area contributed by atoms with Gasteiger partial charge in [-0.2, -0.15) is 4.31 Å². The number of nitrogens with one attached hydrogen (secondary N) is 1. The minimum Gasteiger partial charge on any atom is -0.322 e. The fourth-order valence-electron chi connectivity index (χ4n) is 2.65. The Hall–Kier alpha value is -1.74. The lowest BCUT2D eigenvalue weighted by Crippen LogP contribution is -2.28. The summed E-state index contributed by atoms with van der Waals surface area (Å²) in [4.78, 5) is 16.3. The van der Waals surface area contributed by atoms with Crippen molar-refractivity contribution in [1.29, 1.82) is 0 Å². The molecule has 1 amide bonds. The lowest BCUT2D eigenvalue weighted by Gasteiger charge is -2.17. The van der Waals surface area contributed by atoms with Crippen molar-refractivity contribution < 1.29 is 13.2 Å². The number of benzene rings is 1. The summed E-state index contributed by atoms with van der Waals surface area (Å²) in [7, 11) is -3.66. The average Bonchev–Trinajstić information content (AvgIpc) is 3.26. The summed E-state index contributed by atoms with van der Waals surface area (Å²) < 4.78 is 26.8. The van der Waals surface area contributed by atoms with Crippen LogP contribution in [0.4, 0.5) is 5.69 Å². The average molecular weight is 412 g/mol. The molecule has 1 aromatic heterocycles. The van der Waals surface area contributed by atoms with Crippen LogP contribution in [0.5, 0.6) is 0 Å². The van der Waals surface area contributed by atoms with Gasteiger partial charge in [0.2, 0.25) is 15.9 Å². The summed E-state index contributed by atoms with van der Waals surface area (Å²) in [5.74, 6) is -0.373. The van der Waals surface area contributed by atoms with E-state index in [9.17, 15) is 13.2 Å². The minimum absolute atomic E-state index is 0.0120. The quantitative estimate of drug-likeness (QED) is 0.763. The molecule has 0 unspecified atom stereocenters. The second-order valence-electron chi connectivity index (χ2n) is 5.87. The van der Waals surface area contributed by atoms with Crippen LogP contribution in [0.25, 0.3) is 6.08 Å². The molecule has 0 atom stereocenters. The van der Waals surface area contributed by atoms with Crippen LogP contribution in [0, 0.1) is 6.92 Å². The second kappa shape index (κ2) is 7.87. The van der Waals surface area contributed by atoms with Gasteiger partial charge in [-0.1, -0.05) is 11.6 Å². The van der Waals surface area contributed by atoms with E-state index in [1.165, 1.54) is 33.9 Å². The largest absolute Gasteiger partial charge is 0.322 e. The van der Waals surface area contributed by atoms with Crippen molar-refractivity contribution in [2.24, 2.45) is 0 Å². The number of sulfonamides is 1. The zero-order chi connectivity index (χ0) is 18.7. The van der Waals surface area contributed by atoms with E-state index in [0.717, 1.165) is 17.8 Å². The normalized spacial score (nSPS) is 15.6. The molecule has 0 radical (unpaired) electrons. The van der Waals surface area contributed by atoms with Crippen molar-refractivity contribution in [3.63, 3.8) is 0 Å². The highest BCUT2D eigenvalue weighted by Gasteiger charge is 2.29. The molecule has 1 aromatic carbocycles. The Morgan fingerprint density at radius 3 is 2.73 bits per heavy atom. The predicted molar refractivity (Wildman–Crippen MR) is 104 cm³/mol. The number of anilines is 1. The molecule has 1 N–H and O–H groups in total. The molecule has 138 valence electrons. The summed E-state index contributed by atoms with van der Waals surface area (Å²) in [6, 6.07) is 4.45. The van der Waals surface area contributed by atoms with Crippen LogP contribution in [0.15, 0.2) is 34.6 Å². The standard InChI is InChI=1S/C17H18ClN3O3S2/c1-12-19-14(11-25-12)5-7-17(22)20-13-4-6-15(18)16(10-13)26(23,24)21-8-2-3-9-21/h4-7,10-11H,2-3,8-9H2,1H3,(H,20,22)/b7-5+. The van der Waals surface area contributed by atoms with E-state index >= 15 is 0 Å². The Bertz CT molecular complexity index is 948. The number of aromatic nitrogens is 1. The van der Waals surface area contributed by atoms with E-state index in [1.807, 2.05) is 12.3 Å². The van der Waals surface area contributed by atoms with Gasteiger partial charge in [0.15, 0.2) is 0 Å². The van der Waals surface area contributed by atoms with Crippen LogP contribution in [0.3, 0.4) is 0 Å². The number of hydrogen-bond donors (Lipinski definition) is 1. The maximum Gasteiger partial charge on any atom is 0.248 e. The Kier molecular flexibility index (Phi) is 5.76. The molecule has 2 heterocycles. The SMILES string of the molecule is Cc1nc(/C=C/C(=O)Nc2ccc(Cl)c(S(=O)(=O)N3CCCC3)c2)cs1. The first-order chi connectivity index (χ1) is 12.4. The van der Waals surface area contributed by atoms with E-state index < -0.39 is 10.0 Å². The molecular weight excluding hydrogens is 394 g/mol. The highest BCUT2D eigenvalue weighted by molar-refractivity contribution is 7.89. The van der Waals surface area contributed by atoms with Gasteiger partial charge in [0, 0.05) is 30.2 Å². The first kappa shape index (κ1) is 19.0. The molecule has 6 nitrogen and oxygen atoms in total. The number of thiazole rings is 1. The van der Waals surface area contributed by atoms with Crippen molar-refractivity contribution in [3.05, 3.63) is 45.4 Å². The monoisotopic (exact) mass is 411 g/mol. The number of carbonyl (C=O) groups excluding carboxylic acids is 1. The number of amides is 1. The highest BCUT2D eigenvalue weighted by Crippen LogP contribution is 2.29. The molecule has 0 spiro atoms.